The van der Waals surface area contributed by atoms with Gasteiger partial charge in [0.2, 0.25) is 0 Å². The van der Waals surface area contributed by atoms with Crippen LogP contribution < -0.4 is 0 Å². The fraction of sp³-hybridized carbons (Fsp3) is 0.400. The molecule has 0 N–H and O–H groups in total. The van der Waals surface area contributed by atoms with Crippen LogP contribution in [0.2, 0.25) is 0 Å². The van der Waals surface area contributed by atoms with Gasteiger partial charge in [0.1, 0.15) is 0 Å². The zero-order valence-corrected chi connectivity index (χ0v) is 6.93. The van der Waals surface area contributed by atoms with Crippen molar-refractivity contribution < 1.29 is 13.2 Å². The van der Waals surface area contributed by atoms with Gasteiger partial charge in [-0.25, -0.2) is 0 Å². The van der Waals surface area contributed by atoms with Crippen molar-refractivity contribution in [3.8, 4) is 0 Å². The Bertz CT molecular complexity index is 314. The van der Waals surface area contributed by atoms with E-state index in [0.29, 0.717) is 12.0 Å². The number of aryl methyl sites for hydroxylation is 1. The van der Waals surface area contributed by atoms with Crippen molar-refractivity contribution >= 4 is 0 Å². The van der Waals surface area contributed by atoms with Crippen LogP contribution in [0.5, 0.6) is 0 Å². The average molecular weight is 186 g/mol. The Kier molecular flexibility index (Phi) is 1.82. The number of halogens is 3. The first-order valence-electron chi connectivity index (χ1n) is 4.23. The Morgan fingerprint density at radius 2 is 1.85 bits per heavy atom. The predicted molar refractivity (Wildman–Crippen MR) is 43.6 cm³/mol. The lowest BCUT2D eigenvalue weighted by Gasteiger charge is -2.15. The molecule has 1 aromatic carbocycles. The summed E-state index contributed by atoms with van der Waals surface area (Å²) in [6, 6.07) is 6.82. The molecule has 1 aliphatic carbocycles. The van der Waals surface area contributed by atoms with Crippen LogP contribution in [0.1, 0.15) is 23.5 Å². The number of alkyl halides is 3. The van der Waals surface area contributed by atoms with E-state index in [4.69, 9.17) is 0 Å². The maximum atomic E-state index is 12.4. The first-order valence-corrected chi connectivity index (χ1v) is 4.23. The summed E-state index contributed by atoms with van der Waals surface area (Å²) in [5.74, 6) is -1.23. The summed E-state index contributed by atoms with van der Waals surface area (Å²) in [5.41, 5.74) is 1.32. The maximum absolute atomic E-state index is 12.4. The van der Waals surface area contributed by atoms with Crippen molar-refractivity contribution in [1.82, 2.24) is 0 Å². The van der Waals surface area contributed by atoms with Gasteiger partial charge in [0.05, 0.1) is 5.92 Å². The Labute approximate surface area is 74.4 Å². The highest BCUT2D eigenvalue weighted by atomic mass is 19.4. The molecule has 0 spiro atoms. The largest absolute Gasteiger partial charge is 0.395 e. The molecule has 0 aromatic heterocycles. The van der Waals surface area contributed by atoms with Crippen molar-refractivity contribution in [2.24, 2.45) is 0 Å². The Balaban J connectivity index is 2.39. The van der Waals surface area contributed by atoms with Crippen LogP contribution in [0.4, 0.5) is 13.2 Å². The molecule has 0 fully saturated rings. The minimum atomic E-state index is -4.08. The van der Waals surface area contributed by atoms with Gasteiger partial charge < -0.3 is 0 Å². The van der Waals surface area contributed by atoms with Crippen molar-refractivity contribution in [3.63, 3.8) is 0 Å². The van der Waals surface area contributed by atoms with Crippen molar-refractivity contribution in [1.29, 1.82) is 0 Å². The molecule has 0 bridgehead atoms. The van der Waals surface area contributed by atoms with Crippen molar-refractivity contribution in [2.75, 3.05) is 0 Å². The van der Waals surface area contributed by atoms with Gasteiger partial charge in [-0.15, -0.1) is 0 Å². The number of benzene rings is 1. The van der Waals surface area contributed by atoms with Crippen LogP contribution in [-0.2, 0) is 6.42 Å². The zero-order chi connectivity index (χ0) is 9.47. The lowest BCUT2D eigenvalue weighted by Crippen LogP contribution is -2.18. The Morgan fingerprint density at radius 3 is 2.54 bits per heavy atom. The minimum absolute atomic E-state index is 0.211. The SMILES string of the molecule is FC(F)(F)C1CCc2ccccc21. The van der Waals surface area contributed by atoms with Gasteiger partial charge in [0, 0.05) is 0 Å². The highest BCUT2D eigenvalue weighted by Gasteiger charge is 2.43. The number of fused-ring (bicyclic) bond motifs is 1. The number of rotatable bonds is 0. The quantitative estimate of drug-likeness (QED) is 0.583. The molecule has 0 saturated carbocycles. The van der Waals surface area contributed by atoms with E-state index in [1.807, 2.05) is 0 Å². The van der Waals surface area contributed by atoms with Crippen LogP contribution >= 0.6 is 0 Å². The summed E-state index contributed by atoms with van der Waals surface area (Å²) >= 11 is 0. The Morgan fingerprint density at radius 1 is 1.15 bits per heavy atom. The van der Waals surface area contributed by atoms with E-state index in [9.17, 15) is 13.2 Å². The molecule has 1 aliphatic rings. The second kappa shape index (κ2) is 2.76. The smallest absolute Gasteiger partial charge is 0.170 e. The Hall–Kier alpha value is -0.990. The van der Waals surface area contributed by atoms with Gasteiger partial charge >= 0.3 is 6.18 Å². The van der Waals surface area contributed by atoms with Crippen LogP contribution in [-0.4, -0.2) is 6.18 Å². The molecule has 2 rings (SSSR count). The van der Waals surface area contributed by atoms with Crippen LogP contribution in [0.15, 0.2) is 24.3 Å². The molecular formula is C10H9F3. The van der Waals surface area contributed by atoms with Gasteiger partial charge in [-0.2, -0.15) is 13.2 Å². The standard InChI is InChI=1S/C10H9F3/c11-10(12,13)9-6-5-7-3-1-2-4-8(7)9/h1-4,9H,5-6H2. The van der Waals surface area contributed by atoms with Crippen molar-refractivity contribution in [3.05, 3.63) is 35.4 Å². The summed E-state index contributed by atoms with van der Waals surface area (Å²) in [5, 5.41) is 0. The topological polar surface area (TPSA) is 0 Å². The summed E-state index contributed by atoms with van der Waals surface area (Å²) in [7, 11) is 0. The van der Waals surface area contributed by atoms with E-state index in [0.717, 1.165) is 5.56 Å². The normalized spacial score (nSPS) is 21.6. The van der Waals surface area contributed by atoms with Crippen molar-refractivity contribution in [2.45, 2.75) is 24.9 Å². The zero-order valence-electron chi connectivity index (χ0n) is 6.93. The van der Waals surface area contributed by atoms with Gasteiger partial charge in [-0.3, -0.25) is 0 Å². The predicted octanol–water partition coefficient (Wildman–Crippen LogP) is 3.28. The minimum Gasteiger partial charge on any atom is -0.170 e. The van der Waals surface area contributed by atoms with Crippen LogP contribution in [0.3, 0.4) is 0 Å². The lowest BCUT2D eigenvalue weighted by atomic mass is 10.0. The third kappa shape index (κ3) is 1.43. The highest BCUT2D eigenvalue weighted by molar-refractivity contribution is 5.35. The first-order chi connectivity index (χ1) is 6.09. The molecule has 0 amide bonds. The summed E-state index contributed by atoms with van der Waals surface area (Å²) in [6.07, 6.45) is -3.31. The van der Waals surface area contributed by atoms with E-state index in [2.05, 4.69) is 0 Å². The molecule has 3 heteroatoms. The summed E-state index contributed by atoms with van der Waals surface area (Å²) in [6.45, 7) is 0. The molecule has 1 unspecified atom stereocenters. The lowest BCUT2D eigenvalue weighted by molar-refractivity contribution is -0.149. The molecule has 0 saturated heterocycles. The molecule has 0 aliphatic heterocycles. The molecular weight excluding hydrogens is 177 g/mol. The third-order valence-corrected chi connectivity index (χ3v) is 2.53. The number of hydrogen-bond donors (Lipinski definition) is 0. The molecule has 1 atom stereocenters. The first kappa shape index (κ1) is 8.60. The van der Waals surface area contributed by atoms with E-state index >= 15 is 0 Å². The molecule has 0 radical (unpaired) electrons. The maximum Gasteiger partial charge on any atom is 0.395 e. The summed E-state index contributed by atoms with van der Waals surface area (Å²) < 4.78 is 37.3. The molecule has 13 heavy (non-hydrogen) atoms. The molecule has 1 aromatic rings. The summed E-state index contributed by atoms with van der Waals surface area (Å²) in [4.78, 5) is 0. The number of hydrogen-bond acceptors (Lipinski definition) is 0. The van der Waals surface area contributed by atoms with Crippen LogP contribution in [0.25, 0.3) is 0 Å². The van der Waals surface area contributed by atoms with E-state index < -0.39 is 12.1 Å². The van der Waals surface area contributed by atoms with Gasteiger partial charge in [0.15, 0.2) is 0 Å². The molecule has 0 nitrogen and oxygen atoms in total. The van der Waals surface area contributed by atoms with Gasteiger partial charge in [-0.1, -0.05) is 24.3 Å². The highest BCUT2D eigenvalue weighted by Crippen LogP contribution is 2.43. The van der Waals surface area contributed by atoms with Gasteiger partial charge in [0.25, 0.3) is 0 Å². The van der Waals surface area contributed by atoms with Gasteiger partial charge in [-0.05, 0) is 24.0 Å². The van der Waals surface area contributed by atoms with E-state index in [1.165, 1.54) is 0 Å². The second-order valence-electron chi connectivity index (χ2n) is 3.33. The molecule has 70 valence electrons. The monoisotopic (exact) mass is 186 g/mol. The molecule has 0 heterocycles. The second-order valence-corrected chi connectivity index (χ2v) is 3.33. The fourth-order valence-corrected chi connectivity index (χ4v) is 1.90. The fourth-order valence-electron chi connectivity index (χ4n) is 1.90. The third-order valence-electron chi connectivity index (χ3n) is 2.53. The van der Waals surface area contributed by atoms with Crippen LogP contribution in [0, 0.1) is 0 Å². The van der Waals surface area contributed by atoms with E-state index in [-0.39, 0.29) is 6.42 Å². The average Bonchev–Trinajstić information content (AvgIpc) is 2.45. The van der Waals surface area contributed by atoms with E-state index in [1.54, 1.807) is 24.3 Å².